The highest BCUT2D eigenvalue weighted by atomic mass is 31.2. The number of hydrogen-bond acceptors (Lipinski definition) is 5. The molecule has 0 spiro atoms. The Kier molecular flexibility index (Phi) is 48.8. The molecule has 0 saturated heterocycles. The summed E-state index contributed by atoms with van der Waals surface area (Å²) in [7, 11) is 1.55. The Morgan fingerprint density at radius 2 is 0.912 bits per heavy atom. The Labute approximate surface area is 422 Å². The van der Waals surface area contributed by atoms with Crippen LogP contribution in [0.25, 0.3) is 0 Å². The van der Waals surface area contributed by atoms with E-state index in [9.17, 15) is 19.4 Å². The van der Waals surface area contributed by atoms with Crippen molar-refractivity contribution in [2.45, 2.75) is 270 Å². The summed E-state index contributed by atoms with van der Waals surface area (Å²) in [6.07, 6.45) is 68.2. The molecule has 0 rings (SSSR count). The topological polar surface area (TPSA) is 105 Å². The van der Waals surface area contributed by atoms with Crippen LogP contribution in [-0.4, -0.2) is 73.4 Å². The van der Waals surface area contributed by atoms with Gasteiger partial charge in [0.25, 0.3) is 0 Å². The highest BCUT2D eigenvalue weighted by Gasteiger charge is 2.27. The summed E-state index contributed by atoms with van der Waals surface area (Å²) >= 11 is 0. The molecule has 8 nitrogen and oxygen atoms in total. The molecular weight excluding hydrogens is 864 g/mol. The largest absolute Gasteiger partial charge is 0.472 e. The van der Waals surface area contributed by atoms with Gasteiger partial charge in [-0.2, -0.15) is 0 Å². The van der Waals surface area contributed by atoms with Crippen molar-refractivity contribution in [3.05, 3.63) is 60.8 Å². The van der Waals surface area contributed by atoms with Gasteiger partial charge in [-0.3, -0.25) is 13.8 Å². The van der Waals surface area contributed by atoms with Gasteiger partial charge in [0.15, 0.2) is 0 Å². The van der Waals surface area contributed by atoms with E-state index in [1.807, 2.05) is 34.1 Å². The average molecular weight is 977 g/mol. The van der Waals surface area contributed by atoms with E-state index in [1.54, 1.807) is 6.08 Å². The summed E-state index contributed by atoms with van der Waals surface area (Å²) < 4.78 is 23.5. The second kappa shape index (κ2) is 50.2. The minimum atomic E-state index is -4.35. The number of likely N-dealkylation sites (N-methyl/N-ethyl adjacent to an activating group) is 1. The van der Waals surface area contributed by atoms with Gasteiger partial charge < -0.3 is 19.8 Å². The summed E-state index contributed by atoms with van der Waals surface area (Å²) in [4.78, 5) is 23.1. The molecule has 398 valence electrons. The van der Waals surface area contributed by atoms with Gasteiger partial charge in [0.1, 0.15) is 13.2 Å². The number of phosphoric acid groups is 1. The van der Waals surface area contributed by atoms with Crippen LogP contribution in [0.2, 0.25) is 0 Å². The van der Waals surface area contributed by atoms with Crippen LogP contribution in [0.4, 0.5) is 0 Å². The Bertz CT molecular complexity index is 1290. The molecule has 3 N–H and O–H groups in total. The summed E-state index contributed by atoms with van der Waals surface area (Å²) in [5.74, 6) is -0.192. The van der Waals surface area contributed by atoms with Gasteiger partial charge in [-0.25, -0.2) is 4.57 Å². The molecule has 0 saturated carbocycles. The molecular formula is C59H112N2O6P+. The van der Waals surface area contributed by atoms with Gasteiger partial charge in [-0.05, 0) is 71.1 Å². The molecule has 0 aromatic carbocycles. The lowest BCUT2D eigenvalue weighted by atomic mass is 10.0. The van der Waals surface area contributed by atoms with Crippen molar-refractivity contribution in [1.29, 1.82) is 0 Å². The molecule has 0 aliphatic carbocycles. The molecule has 1 amide bonds. The molecule has 9 heteroatoms. The maximum absolute atomic E-state index is 12.9. The lowest BCUT2D eigenvalue weighted by Gasteiger charge is -2.25. The van der Waals surface area contributed by atoms with Crippen LogP contribution in [-0.2, 0) is 18.4 Å². The first kappa shape index (κ1) is 66.2. The van der Waals surface area contributed by atoms with Crippen molar-refractivity contribution in [2.75, 3.05) is 40.9 Å². The zero-order chi connectivity index (χ0) is 49.9. The number of carbonyl (C=O) groups is 1. The van der Waals surface area contributed by atoms with Gasteiger partial charge in [-0.15, -0.1) is 0 Å². The van der Waals surface area contributed by atoms with Gasteiger partial charge >= 0.3 is 7.82 Å². The summed E-state index contributed by atoms with van der Waals surface area (Å²) in [5, 5.41) is 13.8. The van der Waals surface area contributed by atoms with Gasteiger partial charge in [0, 0.05) is 6.42 Å². The SMILES string of the molecule is C/C=C/CC/C=C/CC/C=C/C(O)C(COP(=O)(O)OCC[N+](C)(C)C)NC(=O)CCCCCCCCCCCCCCCCCCCCCCCCCCC/C=C\C/C=C\CCCCCCC. The number of allylic oxidation sites excluding steroid dienone is 9. The zero-order valence-electron chi connectivity index (χ0n) is 45.3. The third-order valence-corrected chi connectivity index (χ3v) is 13.8. The van der Waals surface area contributed by atoms with E-state index in [-0.39, 0.29) is 19.1 Å². The second-order valence-corrected chi connectivity index (χ2v) is 22.1. The highest BCUT2D eigenvalue weighted by molar-refractivity contribution is 7.47. The van der Waals surface area contributed by atoms with Gasteiger partial charge in [0.05, 0.1) is 39.9 Å². The number of aliphatic hydroxyl groups is 1. The molecule has 0 aliphatic rings. The maximum atomic E-state index is 12.9. The normalized spacial score (nSPS) is 14.4. The molecule has 0 heterocycles. The van der Waals surface area contributed by atoms with Gasteiger partial charge in [-0.1, -0.05) is 241 Å². The minimum absolute atomic E-state index is 0.0530. The van der Waals surface area contributed by atoms with Crippen LogP contribution in [0.15, 0.2) is 60.8 Å². The quantitative estimate of drug-likeness (QED) is 0.0243. The third-order valence-electron chi connectivity index (χ3n) is 12.8. The standard InChI is InChI=1S/C59H111N2O6P/c1-6-8-10-12-14-16-17-18-19-20-21-22-23-24-25-26-27-28-29-30-31-32-33-34-35-36-37-38-39-40-41-42-43-45-47-49-51-53-59(63)60-57(56-67-68(64,65)66-55-54-61(3,4)5)58(62)52-50-48-46-44-15-13-11-9-7-2/h7,9,15,17-18,20-21,44,50,52,57-58,62H,6,8,10-14,16,19,22-43,45-49,51,53-56H2,1-5H3,(H-,60,63,64,65)/p+1/b9-7+,18-17-,21-20-,44-15+,52-50+. The molecule has 0 aromatic heterocycles. The highest BCUT2D eigenvalue weighted by Crippen LogP contribution is 2.43. The Morgan fingerprint density at radius 3 is 1.34 bits per heavy atom. The number of nitrogens with zero attached hydrogens (tertiary/aromatic N) is 1. The van der Waals surface area contributed by atoms with Crippen LogP contribution in [0.3, 0.4) is 0 Å². The number of phosphoric ester groups is 1. The van der Waals surface area contributed by atoms with Crippen molar-refractivity contribution in [2.24, 2.45) is 0 Å². The number of carbonyl (C=O) groups excluding carboxylic acids is 1. The number of quaternary nitrogens is 1. The van der Waals surface area contributed by atoms with E-state index >= 15 is 0 Å². The number of nitrogens with one attached hydrogen (secondary N) is 1. The number of rotatable bonds is 52. The van der Waals surface area contributed by atoms with E-state index in [0.29, 0.717) is 17.4 Å². The van der Waals surface area contributed by atoms with Crippen molar-refractivity contribution in [3.63, 3.8) is 0 Å². The molecule has 0 aliphatic heterocycles. The number of hydrogen-bond donors (Lipinski definition) is 3. The van der Waals surface area contributed by atoms with Crippen molar-refractivity contribution in [3.8, 4) is 0 Å². The van der Waals surface area contributed by atoms with Crippen LogP contribution in [0, 0.1) is 0 Å². The average Bonchev–Trinajstić information content (AvgIpc) is 3.30. The second-order valence-electron chi connectivity index (χ2n) is 20.7. The predicted octanol–water partition coefficient (Wildman–Crippen LogP) is 17.3. The monoisotopic (exact) mass is 976 g/mol. The molecule has 0 fully saturated rings. The first-order valence-corrected chi connectivity index (χ1v) is 30.1. The summed E-state index contributed by atoms with van der Waals surface area (Å²) in [6.45, 7) is 4.55. The Hall–Kier alpha value is -1.80. The molecule has 68 heavy (non-hydrogen) atoms. The fourth-order valence-corrected chi connectivity index (χ4v) is 9.03. The Morgan fingerprint density at radius 1 is 0.529 bits per heavy atom. The number of unbranched alkanes of at least 4 members (excludes halogenated alkanes) is 32. The lowest BCUT2D eigenvalue weighted by molar-refractivity contribution is -0.870. The van der Waals surface area contributed by atoms with E-state index in [2.05, 4.69) is 60.8 Å². The third kappa shape index (κ3) is 52.0. The van der Waals surface area contributed by atoms with Crippen LogP contribution < -0.4 is 5.32 Å². The van der Waals surface area contributed by atoms with Crippen LogP contribution >= 0.6 is 7.82 Å². The predicted molar refractivity (Wildman–Crippen MR) is 295 cm³/mol. The van der Waals surface area contributed by atoms with Crippen molar-refractivity contribution in [1.82, 2.24) is 5.32 Å². The Balaban J connectivity index is 3.84. The molecule has 0 radical (unpaired) electrons. The van der Waals surface area contributed by atoms with E-state index in [1.165, 1.54) is 186 Å². The number of aliphatic hydroxyl groups excluding tert-OH is 1. The maximum Gasteiger partial charge on any atom is 0.472 e. The first-order chi connectivity index (χ1) is 33.0. The molecule has 3 unspecified atom stereocenters. The van der Waals surface area contributed by atoms with Crippen molar-refractivity contribution < 1.29 is 32.9 Å². The van der Waals surface area contributed by atoms with Crippen LogP contribution in [0.1, 0.15) is 258 Å². The van der Waals surface area contributed by atoms with E-state index in [0.717, 1.165) is 51.4 Å². The fraction of sp³-hybridized carbons (Fsp3) is 0.814. The minimum Gasteiger partial charge on any atom is -0.387 e. The lowest BCUT2D eigenvalue weighted by Crippen LogP contribution is -2.45. The van der Waals surface area contributed by atoms with E-state index in [4.69, 9.17) is 9.05 Å². The van der Waals surface area contributed by atoms with E-state index < -0.39 is 20.0 Å². The molecule has 0 aromatic rings. The summed E-state index contributed by atoms with van der Waals surface area (Å²) in [5.41, 5.74) is 0. The number of amides is 1. The summed E-state index contributed by atoms with van der Waals surface area (Å²) in [6, 6.07) is -0.867. The van der Waals surface area contributed by atoms with Crippen LogP contribution in [0.5, 0.6) is 0 Å². The smallest absolute Gasteiger partial charge is 0.387 e. The fourth-order valence-electron chi connectivity index (χ4n) is 8.29. The first-order valence-electron chi connectivity index (χ1n) is 28.6. The molecule has 3 atom stereocenters. The van der Waals surface area contributed by atoms with Gasteiger partial charge in [0.2, 0.25) is 5.91 Å². The van der Waals surface area contributed by atoms with Crippen molar-refractivity contribution >= 4 is 13.7 Å². The zero-order valence-corrected chi connectivity index (χ0v) is 46.2. The molecule has 0 bridgehead atoms.